The normalized spacial score (nSPS) is 40.2. The van der Waals surface area contributed by atoms with Gasteiger partial charge in [-0.05, 0) is 37.5 Å². The second-order valence-electron chi connectivity index (χ2n) is 4.76. The minimum Gasteiger partial charge on any atom is -0.352 e. The van der Waals surface area contributed by atoms with Gasteiger partial charge < -0.3 is 11.1 Å². The van der Waals surface area contributed by atoms with Crippen molar-refractivity contribution in [1.82, 2.24) is 5.32 Å². The largest absolute Gasteiger partial charge is 0.352 e. The van der Waals surface area contributed by atoms with E-state index in [1.165, 1.54) is 5.57 Å². The SMILES string of the molecule is C=C1CC2CC(CC)(NC(N)=O)CC12. The standard InChI is InChI=1S/C11H18N2O/c1-3-11(13-10(12)14)5-8-4-7(2)9(8)6-11/h8-9H,2-6H2,1H3,(H3,12,13,14). The predicted octanol–water partition coefficient (Wildman–Crippen LogP) is 1.79. The summed E-state index contributed by atoms with van der Waals surface area (Å²) in [5.41, 5.74) is 6.52. The van der Waals surface area contributed by atoms with Gasteiger partial charge in [0.05, 0.1) is 0 Å². The molecule has 3 heteroatoms. The topological polar surface area (TPSA) is 55.1 Å². The highest BCUT2D eigenvalue weighted by atomic mass is 16.2. The molecule has 0 aromatic heterocycles. The summed E-state index contributed by atoms with van der Waals surface area (Å²) in [6.07, 6.45) is 4.23. The maximum absolute atomic E-state index is 10.9. The Hall–Kier alpha value is -0.990. The zero-order valence-corrected chi connectivity index (χ0v) is 8.68. The maximum Gasteiger partial charge on any atom is 0.312 e. The zero-order valence-electron chi connectivity index (χ0n) is 8.68. The highest BCUT2D eigenvalue weighted by molar-refractivity contribution is 5.72. The lowest BCUT2D eigenvalue weighted by Gasteiger charge is -2.32. The van der Waals surface area contributed by atoms with Crippen LogP contribution in [0, 0.1) is 11.8 Å². The van der Waals surface area contributed by atoms with Crippen molar-refractivity contribution in [3.8, 4) is 0 Å². The Bertz CT molecular complexity index is 287. The van der Waals surface area contributed by atoms with Gasteiger partial charge in [0.25, 0.3) is 0 Å². The Morgan fingerprint density at radius 3 is 2.86 bits per heavy atom. The van der Waals surface area contributed by atoms with E-state index in [4.69, 9.17) is 5.73 Å². The molecule has 3 nitrogen and oxygen atoms in total. The monoisotopic (exact) mass is 194 g/mol. The van der Waals surface area contributed by atoms with Crippen LogP contribution < -0.4 is 11.1 Å². The highest BCUT2D eigenvalue weighted by Crippen LogP contribution is 2.54. The molecule has 2 amide bonds. The van der Waals surface area contributed by atoms with Crippen molar-refractivity contribution in [2.75, 3.05) is 0 Å². The molecule has 0 spiro atoms. The van der Waals surface area contributed by atoms with Crippen LogP contribution in [0.25, 0.3) is 0 Å². The second kappa shape index (κ2) is 3.01. The number of carbonyl (C=O) groups excluding carboxylic acids is 1. The third kappa shape index (κ3) is 1.31. The van der Waals surface area contributed by atoms with E-state index in [1.54, 1.807) is 0 Å². The van der Waals surface area contributed by atoms with Crippen LogP contribution in [0.5, 0.6) is 0 Å². The Morgan fingerprint density at radius 2 is 2.43 bits per heavy atom. The van der Waals surface area contributed by atoms with Gasteiger partial charge in [0.1, 0.15) is 0 Å². The summed E-state index contributed by atoms with van der Waals surface area (Å²) < 4.78 is 0. The van der Waals surface area contributed by atoms with Gasteiger partial charge in [-0.3, -0.25) is 0 Å². The van der Waals surface area contributed by atoms with E-state index in [1.807, 2.05) is 0 Å². The van der Waals surface area contributed by atoms with Gasteiger partial charge in [0.15, 0.2) is 0 Å². The molecule has 0 radical (unpaired) electrons. The van der Waals surface area contributed by atoms with Crippen LogP contribution in [0.2, 0.25) is 0 Å². The first kappa shape index (κ1) is 9.56. The van der Waals surface area contributed by atoms with Crippen molar-refractivity contribution in [3.05, 3.63) is 12.2 Å². The van der Waals surface area contributed by atoms with Crippen molar-refractivity contribution in [2.24, 2.45) is 17.6 Å². The van der Waals surface area contributed by atoms with Crippen molar-refractivity contribution in [2.45, 2.75) is 38.1 Å². The lowest BCUT2D eigenvalue weighted by Crippen LogP contribution is -2.48. The summed E-state index contributed by atoms with van der Waals surface area (Å²) in [6.45, 7) is 6.15. The third-order valence-electron chi connectivity index (χ3n) is 3.95. The summed E-state index contributed by atoms with van der Waals surface area (Å²) in [5.74, 6) is 1.39. The van der Waals surface area contributed by atoms with Crippen LogP contribution in [0.4, 0.5) is 4.79 Å². The van der Waals surface area contributed by atoms with Gasteiger partial charge in [0, 0.05) is 5.54 Å². The van der Waals surface area contributed by atoms with Gasteiger partial charge in [-0.25, -0.2) is 4.79 Å². The van der Waals surface area contributed by atoms with E-state index in [9.17, 15) is 4.79 Å². The molecule has 14 heavy (non-hydrogen) atoms. The molecule has 0 aliphatic heterocycles. The molecule has 0 heterocycles. The van der Waals surface area contributed by atoms with E-state index in [-0.39, 0.29) is 5.54 Å². The first-order valence-corrected chi connectivity index (χ1v) is 5.31. The fraction of sp³-hybridized carbons (Fsp3) is 0.727. The van der Waals surface area contributed by atoms with E-state index < -0.39 is 6.03 Å². The number of rotatable bonds is 2. The fourth-order valence-electron chi connectivity index (χ4n) is 3.08. The minimum absolute atomic E-state index is 0.0411. The number of nitrogens with one attached hydrogen (secondary N) is 1. The molecule has 0 bridgehead atoms. The molecule has 2 aliphatic carbocycles. The Labute approximate surface area is 84.7 Å². The number of nitrogens with two attached hydrogens (primary N) is 1. The molecule has 78 valence electrons. The van der Waals surface area contributed by atoms with Crippen LogP contribution >= 0.6 is 0 Å². The zero-order chi connectivity index (χ0) is 10.3. The molecule has 2 rings (SSSR count). The lowest BCUT2D eigenvalue weighted by molar-refractivity contribution is 0.230. The average Bonchev–Trinajstić information content (AvgIpc) is 2.39. The van der Waals surface area contributed by atoms with Crippen LogP contribution in [0.3, 0.4) is 0 Å². The number of fused-ring (bicyclic) bond motifs is 1. The van der Waals surface area contributed by atoms with E-state index >= 15 is 0 Å². The van der Waals surface area contributed by atoms with Crippen molar-refractivity contribution in [1.29, 1.82) is 0 Å². The van der Waals surface area contributed by atoms with Gasteiger partial charge in [-0.15, -0.1) is 0 Å². The van der Waals surface area contributed by atoms with E-state index in [0.29, 0.717) is 5.92 Å². The van der Waals surface area contributed by atoms with Crippen LogP contribution in [-0.4, -0.2) is 11.6 Å². The number of urea groups is 1. The molecule has 3 unspecified atom stereocenters. The summed E-state index contributed by atoms with van der Waals surface area (Å²) in [5, 5.41) is 2.92. The highest BCUT2D eigenvalue weighted by Gasteiger charge is 2.50. The quantitative estimate of drug-likeness (QED) is 0.647. The number of allylic oxidation sites excluding steroid dienone is 1. The van der Waals surface area contributed by atoms with Gasteiger partial charge in [-0.2, -0.15) is 0 Å². The summed E-state index contributed by atoms with van der Waals surface area (Å²) in [6, 6.07) is -0.390. The molecular weight excluding hydrogens is 176 g/mol. The number of carbonyl (C=O) groups is 1. The van der Waals surface area contributed by atoms with Crippen molar-refractivity contribution >= 4 is 6.03 Å². The van der Waals surface area contributed by atoms with Crippen molar-refractivity contribution < 1.29 is 4.79 Å². The first-order chi connectivity index (χ1) is 6.56. The van der Waals surface area contributed by atoms with Crippen molar-refractivity contribution in [3.63, 3.8) is 0 Å². The molecule has 2 fully saturated rings. The molecule has 2 aliphatic rings. The van der Waals surface area contributed by atoms with Gasteiger partial charge >= 0.3 is 6.03 Å². The first-order valence-electron chi connectivity index (χ1n) is 5.31. The smallest absolute Gasteiger partial charge is 0.312 e. The predicted molar refractivity (Wildman–Crippen MR) is 55.7 cm³/mol. The number of amides is 2. The molecule has 0 aromatic carbocycles. The van der Waals surface area contributed by atoms with Crippen LogP contribution in [-0.2, 0) is 0 Å². The van der Waals surface area contributed by atoms with Gasteiger partial charge in [-0.1, -0.05) is 19.1 Å². The summed E-state index contributed by atoms with van der Waals surface area (Å²) in [4.78, 5) is 10.9. The Morgan fingerprint density at radius 1 is 1.71 bits per heavy atom. The van der Waals surface area contributed by atoms with Gasteiger partial charge in [0.2, 0.25) is 0 Å². The Balaban J connectivity index is 2.08. The minimum atomic E-state index is -0.390. The molecule has 2 saturated carbocycles. The second-order valence-corrected chi connectivity index (χ2v) is 4.76. The number of primary amides is 1. The molecule has 0 aromatic rings. The van der Waals surface area contributed by atoms with Crippen LogP contribution in [0.15, 0.2) is 12.2 Å². The molecule has 0 saturated heterocycles. The third-order valence-corrected chi connectivity index (χ3v) is 3.95. The summed E-state index contributed by atoms with van der Waals surface area (Å²) in [7, 11) is 0. The molecular formula is C11H18N2O. The summed E-state index contributed by atoms with van der Waals surface area (Å²) >= 11 is 0. The van der Waals surface area contributed by atoms with E-state index in [0.717, 1.165) is 31.6 Å². The lowest BCUT2D eigenvalue weighted by atomic mass is 9.72. The number of hydrogen-bond donors (Lipinski definition) is 2. The molecule has 3 atom stereocenters. The average molecular weight is 194 g/mol. The Kier molecular flexibility index (Phi) is 2.05. The molecule has 3 N–H and O–H groups in total. The van der Waals surface area contributed by atoms with E-state index in [2.05, 4.69) is 18.8 Å². The maximum atomic E-state index is 10.9. The fourth-order valence-corrected chi connectivity index (χ4v) is 3.08. The van der Waals surface area contributed by atoms with Crippen LogP contribution in [0.1, 0.15) is 32.6 Å². The number of hydrogen-bond acceptors (Lipinski definition) is 1.